The van der Waals surface area contributed by atoms with Gasteiger partial charge in [-0.2, -0.15) is 0 Å². The van der Waals surface area contributed by atoms with E-state index in [0.29, 0.717) is 16.5 Å². The number of carbonyl (C=O) groups excluding carboxylic acids is 2. The number of carbonyl (C=O) groups is 2. The van der Waals surface area contributed by atoms with Gasteiger partial charge in [-0.05, 0) is 30.2 Å². The molecule has 0 saturated heterocycles. The van der Waals surface area contributed by atoms with E-state index in [4.69, 9.17) is 23.2 Å². The van der Waals surface area contributed by atoms with E-state index >= 15 is 4.39 Å². The van der Waals surface area contributed by atoms with Crippen molar-refractivity contribution < 1.29 is 14.0 Å². The van der Waals surface area contributed by atoms with Crippen LogP contribution in [-0.2, 0) is 10.5 Å². The van der Waals surface area contributed by atoms with Crippen LogP contribution >= 0.6 is 23.2 Å². The third-order valence-corrected chi connectivity index (χ3v) is 5.59. The first-order valence-corrected chi connectivity index (χ1v) is 9.09. The topological polar surface area (TPSA) is 59.1 Å². The zero-order chi connectivity index (χ0) is 18.5. The second-order valence-electron chi connectivity index (χ2n) is 6.71. The molecule has 134 valence electrons. The molecule has 0 spiro atoms. The molecule has 1 heterocycles. The predicted octanol–water partition coefficient (Wildman–Crippen LogP) is 4.20. The van der Waals surface area contributed by atoms with E-state index in [9.17, 15) is 9.59 Å². The molecule has 0 radical (unpaired) electrons. The number of alkyl halides is 1. The van der Waals surface area contributed by atoms with Crippen molar-refractivity contribution in [1.29, 1.82) is 0 Å². The van der Waals surface area contributed by atoms with Gasteiger partial charge in [-0.3, -0.25) is 14.6 Å². The molecule has 26 heavy (non-hydrogen) atoms. The lowest BCUT2D eigenvalue weighted by molar-refractivity contribution is -0.134. The van der Waals surface area contributed by atoms with Gasteiger partial charge in [0.25, 0.3) is 5.91 Å². The van der Waals surface area contributed by atoms with Gasteiger partial charge in [-0.1, -0.05) is 35.3 Å². The fourth-order valence-corrected chi connectivity index (χ4v) is 4.05. The van der Waals surface area contributed by atoms with Crippen LogP contribution in [0.5, 0.6) is 0 Å². The molecular weight excluding hydrogens is 378 g/mol. The lowest BCUT2D eigenvalue weighted by Gasteiger charge is -2.29. The first-order chi connectivity index (χ1) is 12.4. The number of aromatic nitrogens is 1. The van der Waals surface area contributed by atoms with Gasteiger partial charge in [0.15, 0.2) is 5.78 Å². The van der Waals surface area contributed by atoms with Crippen LogP contribution in [-0.4, -0.2) is 22.7 Å². The third kappa shape index (κ3) is 2.89. The zero-order valence-electron chi connectivity index (χ0n) is 13.6. The van der Waals surface area contributed by atoms with Crippen LogP contribution in [0.15, 0.2) is 36.5 Å². The Bertz CT molecular complexity index is 920. The standard InChI is InChI=1S/C19H15Cl2FN2O2/c20-10-3-4-11(14(21)8-10)12-9-15(12)24-18(26)19(22)6-5-16(25)17-13(19)2-1-7-23-17/h1-4,7-8,12,15H,5-6,9H2,(H,24,26)/t12?,15?,19-/m0/s1. The second-order valence-corrected chi connectivity index (χ2v) is 7.56. The van der Waals surface area contributed by atoms with Gasteiger partial charge in [0.2, 0.25) is 5.67 Å². The van der Waals surface area contributed by atoms with Crippen LogP contribution in [0.25, 0.3) is 0 Å². The molecule has 3 atom stereocenters. The molecular formula is C19H15Cl2FN2O2. The summed E-state index contributed by atoms with van der Waals surface area (Å²) in [5.41, 5.74) is -1.26. The van der Waals surface area contributed by atoms with Gasteiger partial charge in [0.1, 0.15) is 5.69 Å². The molecule has 2 aliphatic rings. The summed E-state index contributed by atoms with van der Waals surface area (Å²) in [7, 11) is 0. The van der Waals surface area contributed by atoms with E-state index < -0.39 is 11.6 Å². The number of nitrogens with zero attached hydrogens (tertiary/aromatic N) is 1. The summed E-state index contributed by atoms with van der Waals surface area (Å²) in [5, 5.41) is 3.84. The molecule has 1 N–H and O–H groups in total. The largest absolute Gasteiger partial charge is 0.350 e. The van der Waals surface area contributed by atoms with Crippen molar-refractivity contribution in [2.24, 2.45) is 0 Å². The number of pyridine rings is 1. The Labute approximate surface area is 159 Å². The van der Waals surface area contributed by atoms with Crippen molar-refractivity contribution in [3.05, 3.63) is 63.4 Å². The van der Waals surface area contributed by atoms with E-state index in [0.717, 1.165) is 5.56 Å². The molecule has 0 bridgehead atoms. The highest BCUT2D eigenvalue weighted by Gasteiger charge is 2.50. The molecule has 1 saturated carbocycles. The molecule has 1 amide bonds. The molecule has 2 aromatic rings. The van der Waals surface area contributed by atoms with Crippen molar-refractivity contribution in [3.63, 3.8) is 0 Å². The van der Waals surface area contributed by atoms with E-state index in [-0.39, 0.29) is 41.8 Å². The Morgan fingerprint density at radius 1 is 1.31 bits per heavy atom. The van der Waals surface area contributed by atoms with E-state index in [1.165, 1.54) is 18.3 Å². The Hall–Kier alpha value is -1.98. The number of nitrogens with one attached hydrogen (secondary N) is 1. The molecule has 7 heteroatoms. The molecule has 1 aromatic heterocycles. The quantitative estimate of drug-likeness (QED) is 0.850. The summed E-state index contributed by atoms with van der Waals surface area (Å²) in [6.45, 7) is 0. The smallest absolute Gasteiger partial charge is 0.262 e. The Kier molecular flexibility index (Phi) is 4.24. The van der Waals surface area contributed by atoms with Gasteiger partial charge in [-0.15, -0.1) is 0 Å². The lowest BCUT2D eigenvalue weighted by Crippen LogP contribution is -2.45. The lowest BCUT2D eigenvalue weighted by atomic mass is 9.81. The molecule has 4 nitrogen and oxygen atoms in total. The number of halogens is 3. The number of hydrogen-bond acceptors (Lipinski definition) is 3. The van der Waals surface area contributed by atoms with Gasteiger partial charge in [-0.25, -0.2) is 4.39 Å². The number of benzene rings is 1. The minimum absolute atomic E-state index is 0.0332. The number of amides is 1. The van der Waals surface area contributed by atoms with Gasteiger partial charge >= 0.3 is 0 Å². The second kappa shape index (κ2) is 6.32. The minimum atomic E-state index is -2.24. The summed E-state index contributed by atoms with van der Waals surface area (Å²) < 4.78 is 15.5. The highest BCUT2D eigenvalue weighted by atomic mass is 35.5. The van der Waals surface area contributed by atoms with E-state index in [2.05, 4.69) is 10.3 Å². The van der Waals surface area contributed by atoms with Crippen LogP contribution in [0.1, 0.15) is 46.8 Å². The summed E-state index contributed by atoms with van der Waals surface area (Å²) in [4.78, 5) is 28.6. The first kappa shape index (κ1) is 17.4. The summed E-state index contributed by atoms with van der Waals surface area (Å²) in [6.07, 6.45) is 1.91. The third-order valence-electron chi connectivity index (χ3n) is 5.02. The molecule has 2 aliphatic carbocycles. The molecule has 1 fully saturated rings. The van der Waals surface area contributed by atoms with Crippen LogP contribution in [0.4, 0.5) is 4.39 Å². The Morgan fingerprint density at radius 3 is 2.88 bits per heavy atom. The van der Waals surface area contributed by atoms with Gasteiger partial charge in [0.05, 0.1) is 0 Å². The van der Waals surface area contributed by atoms with Crippen molar-refractivity contribution in [2.75, 3.05) is 0 Å². The maximum Gasteiger partial charge on any atom is 0.262 e. The average molecular weight is 393 g/mol. The monoisotopic (exact) mass is 392 g/mol. The summed E-state index contributed by atoms with van der Waals surface area (Å²) >= 11 is 12.1. The molecule has 4 rings (SSSR count). The van der Waals surface area contributed by atoms with Gasteiger partial charge < -0.3 is 5.32 Å². The van der Waals surface area contributed by atoms with E-state index in [1.807, 2.05) is 6.07 Å². The maximum atomic E-state index is 15.5. The van der Waals surface area contributed by atoms with Crippen LogP contribution in [0, 0.1) is 0 Å². The fraction of sp³-hybridized carbons (Fsp3) is 0.316. The highest BCUT2D eigenvalue weighted by Crippen LogP contribution is 2.46. The van der Waals surface area contributed by atoms with E-state index in [1.54, 1.807) is 12.1 Å². The number of Topliss-reactive ketones (excluding diaryl/α,β-unsaturated/α-hetero) is 1. The molecule has 2 unspecified atom stereocenters. The van der Waals surface area contributed by atoms with Crippen molar-refractivity contribution >= 4 is 34.9 Å². The number of fused-ring (bicyclic) bond motifs is 1. The summed E-state index contributed by atoms with van der Waals surface area (Å²) in [6, 6.07) is 8.02. The van der Waals surface area contributed by atoms with Gasteiger partial charge in [0, 0.05) is 46.6 Å². The first-order valence-electron chi connectivity index (χ1n) is 8.33. The van der Waals surface area contributed by atoms with Crippen molar-refractivity contribution in [1.82, 2.24) is 10.3 Å². The number of rotatable bonds is 3. The fourth-order valence-electron chi connectivity index (χ4n) is 3.51. The highest BCUT2D eigenvalue weighted by molar-refractivity contribution is 6.35. The minimum Gasteiger partial charge on any atom is -0.350 e. The molecule has 0 aliphatic heterocycles. The SMILES string of the molecule is O=C1CC[C@@](F)(C(=O)NC2CC2c2ccc(Cl)cc2Cl)c2cccnc21. The van der Waals surface area contributed by atoms with Crippen LogP contribution in [0.3, 0.4) is 0 Å². The average Bonchev–Trinajstić information content (AvgIpc) is 3.37. The van der Waals surface area contributed by atoms with Crippen LogP contribution < -0.4 is 5.32 Å². The Balaban J connectivity index is 1.53. The maximum absolute atomic E-state index is 15.5. The number of ketones is 1. The van der Waals surface area contributed by atoms with Crippen molar-refractivity contribution in [2.45, 2.75) is 36.9 Å². The normalized spacial score (nSPS) is 27.0. The zero-order valence-corrected chi connectivity index (χ0v) is 15.1. The number of hydrogen-bond donors (Lipinski definition) is 1. The molecule has 1 aromatic carbocycles. The van der Waals surface area contributed by atoms with Crippen LogP contribution in [0.2, 0.25) is 10.0 Å². The predicted molar refractivity (Wildman–Crippen MR) is 96.3 cm³/mol. The Morgan fingerprint density at radius 2 is 2.12 bits per heavy atom. The van der Waals surface area contributed by atoms with Crippen molar-refractivity contribution in [3.8, 4) is 0 Å². The summed E-state index contributed by atoms with van der Waals surface area (Å²) in [5.74, 6) is -0.929.